The van der Waals surface area contributed by atoms with Crippen LogP contribution in [0.25, 0.3) is 11.4 Å². The van der Waals surface area contributed by atoms with Gasteiger partial charge >= 0.3 is 0 Å². The maximum absolute atomic E-state index is 14.3. The van der Waals surface area contributed by atoms with Crippen molar-refractivity contribution in [3.05, 3.63) is 64.0 Å². The van der Waals surface area contributed by atoms with Crippen LogP contribution in [-0.4, -0.2) is 31.3 Å². The number of amides is 1. The van der Waals surface area contributed by atoms with Crippen molar-refractivity contribution in [3.63, 3.8) is 0 Å². The number of para-hydroxylation sites is 1. The van der Waals surface area contributed by atoms with Gasteiger partial charge in [-0.25, -0.2) is 4.39 Å². The van der Waals surface area contributed by atoms with E-state index in [1.165, 1.54) is 12.1 Å². The van der Waals surface area contributed by atoms with Gasteiger partial charge in [0.15, 0.2) is 11.0 Å². The predicted molar refractivity (Wildman–Crippen MR) is 117 cm³/mol. The van der Waals surface area contributed by atoms with Gasteiger partial charge in [-0.3, -0.25) is 14.9 Å². The highest BCUT2D eigenvalue weighted by atomic mass is 32.2. The van der Waals surface area contributed by atoms with E-state index in [4.69, 9.17) is 0 Å². The van der Waals surface area contributed by atoms with E-state index < -0.39 is 16.6 Å². The molecule has 0 aliphatic rings. The van der Waals surface area contributed by atoms with E-state index in [9.17, 15) is 19.3 Å². The second kappa shape index (κ2) is 9.69. The van der Waals surface area contributed by atoms with Gasteiger partial charge in [0.2, 0.25) is 5.91 Å². The van der Waals surface area contributed by atoms with Gasteiger partial charge in [-0.05, 0) is 30.5 Å². The number of carbonyl (C=O) groups is 1. The first kappa shape index (κ1) is 22.4. The minimum atomic E-state index is -0.532. The standard InChI is InChI=1S/C21H22FN5O3S/c1-13(2)11-26-20(15-8-4-5-9-16(15)22)24-25-21(26)31-12-18(28)23-19-14(3)7-6-10-17(19)27(29)30/h4-10,13H,11-12H2,1-3H3,(H,23,28). The first-order valence-corrected chi connectivity index (χ1v) is 10.6. The van der Waals surface area contributed by atoms with Gasteiger partial charge in [-0.1, -0.05) is 49.9 Å². The zero-order valence-electron chi connectivity index (χ0n) is 17.3. The fourth-order valence-corrected chi connectivity index (χ4v) is 3.79. The normalized spacial score (nSPS) is 11.0. The topological polar surface area (TPSA) is 103 Å². The number of rotatable bonds is 8. The van der Waals surface area contributed by atoms with E-state index in [0.717, 1.165) is 11.8 Å². The van der Waals surface area contributed by atoms with Gasteiger partial charge in [-0.15, -0.1) is 10.2 Å². The number of anilines is 1. The number of thioether (sulfide) groups is 1. The number of hydrogen-bond donors (Lipinski definition) is 1. The zero-order chi connectivity index (χ0) is 22.5. The highest BCUT2D eigenvalue weighted by molar-refractivity contribution is 7.99. The van der Waals surface area contributed by atoms with Crippen LogP contribution < -0.4 is 5.32 Å². The van der Waals surface area contributed by atoms with E-state index in [1.54, 1.807) is 41.8 Å². The number of nitrogens with one attached hydrogen (secondary N) is 1. The Balaban J connectivity index is 1.80. The minimum absolute atomic E-state index is 0.0288. The van der Waals surface area contributed by atoms with Gasteiger partial charge in [0.25, 0.3) is 5.69 Å². The summed E-state index contributed by atoms with van der Waals surface area (Å²) in [5.74, 6) is -0.206. The van der Waals surface area contributed by atoms with Crippen LogP contribution in [0.4, 0.5) is 15.8 Å². The first-order valence-electron chi connectivity index (χ1n) is 9.62. The molecule has 0 radical (unpaired) electrons. The molecule has 1 N–H and O–H groups in total. The molecule has 0 spiro atoms. The van der Waals surface area contributed by atoms with Crippen LogP contribution in [0.2, 0.25) is 0 Å². The number of aryl methyl sites for hydroxylation is 1. The molecule has 0 unspecified atom stereocenters. The Hall–Kier alpha value is -3.27. The fourth-order valence-electron chi connectivity index (χ4n) is 3.04. The van der Waals surface area contributed by atoms with Gasteiger partial charge < -0.3 is 9.88 Å². The van der Waals surface area contributed by atoms with Crippen molar-refractivity contribution in [2.45, 2.75) is 32.5 Å². The van der Waals surface area contributed by atoms with Gasteiger partial charge in [-0.2, -0.15) is 0 Å². The molecule has 0 aliphatic heterocycles. The maximum Gasteiger partial charge on any atom is 0.293 e. The third-order valence-electron chi connectivity index (χ3n) is 4.42. The largest absolute Gasteiger partial charge is 0.319 e. The number of nitrogens with zero attached hydrogens (tertiary/aromatic N) is 4. The quantitative estimate of drug-likeness (QED) is 0.308. The molecule has 1 heterocycles. The average Bonchev–Trinajstić information content (AvgIpc) is 3.09. The van der Waals surface area contributed by atoms with E-state index >= 15 is 0 Å². The Morgan fingerprint density at radius 2 is 1.97 bits per heavy atom. The maximum atomic E-state index is 14.3. The Labute approximate surface area is 183 Å². The van der Waals surface area contributed by atoms with Crippen molar-refractivity contribution in [1.29, 1.82) is 0 Å². The van der Waals surface area contributed by atoms with Crippen molar-refractivity contribution in [1.82, 2.24) is 14.8 Å². The fraction of sp³-hybridized carbons (Fsp3) is 0.286. The SMILES string of the molecule is Cc1cccc([N+](=O)[O-])c1NC(=O)CSc1nnc(-c2ccccc2F)n1CC(C)C. The Kier molecular flexibility index (Phi) is 7.01. The van der Waals surface area contributed by atoms with Gasteiger partial charge in [0.05, 0.1) is 16.2 Å². The number of benzene rings is 2. The average molecular weight is 444 g/mol. The van der Waals surface area contributed by atoms with Crippen molar-refractivity contribution < 1.29 is 14.1 Å². The highest BCUT2D eigenvalue weighted by Crippen LogP contribution is 2.29. The second-order valence-electron chi connectivity index (χ2n) is 7.35. The number of nitro benzene ring substituents is 1. The molecule has 0 saturated heterocycles. The summed E-state index contributed by atoms with van der Waals surface area (Å²) in [6.45, 7) is 6.27. The van der Waals surface area contributed by atoms with Crippen LogP contribution in [0.1, 0.15) is 19.4 Å². The first-order chi connectivity index (χ1) is 14.8. The number of aromatic nitrogens is 3. The molecule has 31 heavy (non-hydrogen) atoms. The van der Waals surface area contributed by atoms with E-state index in [0.29, 0.717) is 28.7 Å². The minimum Gasteiger partial charge on any atom is -0.319 e. The molecular formula is C21H22FN5O3S. The zero-order valence-corrected chi connectivity index (χ0v) is 18.1. The molecule has 10 heteroatoms. The number of carbonyl (C=O) groups excluding carboxylic acids is 1. The third kappa shape index (κ3) is 5.26. The molecule has 0 saturated carbocycles. The van der Waals surface area contributed by atoms with E-state index in [1.807, 2.05) is 13.8 Å². The van der Waals surface area contributed by atoms with Crippen LogP contribution in [0.15, 0.2) is 47.6 Å². The molecule has 0 bridgehead atoms. The number of nitro groups is 1. The lowest BCUT2D eigenvalue weighted by Gasteiger charge is -2.13. The van der Waals surface area contributed by atoms with Crippen LogP contribution in [0, 0.1) is 28.8 Å². The summed E-state index contributed by atoms with van der Waals surface area (Å²) in [7, 11) is 0. The molecule has 3 aromatic rings. The smallest absolute Gasteiger partial charge is 0.293 e. The summed E-state index contributed by atoms with van der Waals surface area (Å²) < 4.78 is 16.1. The van der Waals surface area contributed by atoms with Crippen molar-refractivity contribution >= 4 is 29.0 Å². The Bertz CT molecular complexity index is 1120. The molecule has 0 atom stereocenters. The number of halogens is 1. The molecule has 0 aliphatic carbocycles. The monoisotopic (exact) mass is 443 g/mol. The summed E-state index contributed by atoms with van der Waals surface area (Å²) in [4.78, 5) is 23.2. The lowest BCUT2D eigenvalue weighted by molar-refractivity contribution is -0.384. The van der Waals surface area contributed by atoms with E-state index in [-0.39, 0.29) is 23.0 Å². The molecular weight excluding hydrogens is 421 g/mol. The predicted octanol–water partition coefficient (Wildman–Crippen LogP) is 4.69. The van der Waals surface area contributed by atoms with E-state index in [2.05, 4.69) is 15.5 Å². The van der Waals surface area contributed by atoms with Crippen LogP contribution in [0.5, 0.6) is 0 Å². The van der Waals surface area contributed by atoms with Crippen LogP contribution in [0.3, 0.4) is 0 Å². The Morgan fingerprint density at radius 1 is 1.23 bits per heavy atom. The number of hydrogen-bond acceptors (Lipinski definition) is 6. The molecule has 1 amide bonds. The second-order valence-corrected chi connectivity index (χ2v) is 8.30. The third-order valence-corrected chi connectivity index (χ3v) is 5.39. The molecule has 8 nitrogen and oxygen atoms in total. The lowest BCUT2D eigenvalue weighted by atomic mass is 10.1. The van der Waals surface area contributed by atoms with Gasteiger partial charge in [0, 0.05) is 12.6 Å². The van der Waals surface area contributed by atoms with Crippen LogP contribution in [-0.2, 0) is 11.3 Å². The molecule has 2 aromatic carbocycles. The summed E-state index contributed by atoms with van der Waals surface area (Å²) in [5.41, 5.74) is 0.941. The van der Waals surface area contributed by atoms with Crippen LogP contribution >= 0.6 is 11.8 Å². The summed E-state index contributed by atoms with van der Waals surface area (Å²) in [6.07, 6.45) is 0. The van der Waals surface area contributed by atoms with Crippen molar-refractivity contribution in [3.8, 4) is 11.4 Å². The molecule has 0 fully saturated rings. The van der Waals surface area contributed by atoms with Crippen molar-refractivity contribution in [2.24, 2.45) is 5.92 Å². The summed E-state index contributed by atoms with van der Waals surface area (Å²) in [5, 5.41) is 22.6. The molecule has 3 rings (SSSR count). The van der Waals surface area contributed by atoms with Crippen molar-refractivity contribution in [2.75, 3.05) is 11.1 Å². The summed E-state index contributed by atoms with van der Waals surface area (Å²) in [6, 6.07) is 10.9. The Morgan fingerprint density at radius 3 is 2.65 bits per heavy atom. The van der Waals surface area contributed by atoms with Gasteiger partial charge in [0.1, 0.15) is 11.5 Å². The highest BCUT2D eigenvalue weighted by Gasteiger charge is 2.21. The molecule has 1 aromatic heterocycles. The molecule has 162 valence electrons. The summed E-state index contributed by atoms with van der Waals surface area (Å²) >= 11 is 1.14. The lowest BCUT2D eigenvalue weighted by Crippen LogP contribution is -2.17.